The summed E-state index contributed by atoms with van der Waals surface area (Å²) in [5, 5.41) is 0. The minimum atomic E-state index is 0.141. The van der Waals surface area contributed by atoms with E-state index in [1.807, 2.05) is 30.5 Å². The molecule has 0 aliphatic heterocycles. The summed E-state index contributed by atoms with van der Waals surface area (Å²) in [5.74, 6) is 0.710. The molecule has 258 valence electrons. The minimum absolute atomic E-state index is 0.141. The van der Waals surface area contributed by atoms with Crippen molar-refractivity contribution in [2.75, 3.05) is 0 Å². The lowest BCUT2D eigenvalue weighted by atomic mass is 9.67. The van der Waals surface area contributed by atoms with Gasteiger partial charge in [0.1, 0.15) is 0 Å². The van der Waals surface area contributed by atoms with E-state index in [0.717, 1.165) is 44.8 Å². The van der Waals surface area contributed by atoms with Crippen LogP contribution in [0.15, 0.2) is 176 Å². The molecule has 0 N–H and O–H groups in total. The van der Waals surface area contributed by atoms with E-state index in [0.29, 0.717) is 5.82 Å². The van der Waals surface area contributed by atoms with Crippen LogP contribution in [-0.2, 0) is 5.41 Å². The molecule has 2 heterocycles. The monoisotopic (exact) mass is 693 g/mol. The maximum absolute atomic E-state index is 5.14. The highest BCUT2D eigenvalue weighted by Crippen LogP contribution is 2.56. The Balaban J connectivity index is 1.01. The van der Waals surface area contributed by atoms with E-state index in [4.69, 9.17) is 9.97 Å². The van der Waals surface area contributed by atoms with Crippen LogP contribution in [0, 0.1) is 0 Å². The summed E-state index contributed by atoms with van der Waals surface area (Å²) in [6, 6.07) is 59.1. The van der Waals surface area contributed by atoms with Crippen molar-refractivity contribution in [1.82, 2.24) is 15.0 Å². The van der Waals surface area contributed by atoms with Gasteiger partial charge < -0.3 is 0 Å². The highest BCUT2D eigenvalue weighted by Gasteiger charge is 2.43. The zero-order valence-corrected chi connectivity index (χ0v) is 30.1. The molecule has 3 nitrogen and oxygen atoms in total. The third-order valence-electron chi connectivity index (χ3n) is 11.6. The maximum Gasteiger partial charge on any atom is 0.160 e. The van der Waals surface area contributed by atoms with Gasteiger partial charge in [-0.15, -0.1) is 0 Å². The molecule has 0 bridgehead atoms. The zero-order chi connectivity index (χ0) is 35.9. The largest absolute Gasteiger partial charge is 0.264 e. The van der Waals surface area contributed by atoms with Gasteiger partial charge in [0, 0.05) is 34.5 Å². The van der Waals surface area contributed by atoms with Gasteiger partial charge >= 0.3 is 0 Å². The van der Waals surface area contributed by atoms with Crippen molar-refractivity contribution in [1.29, 1.82) is 0 Å². The molecule has 1 fully saturated rings. The Labute approximate surface area is 317 Å². The fraction of sp³-hybridized carbons (Fsp3) is 0.118. The van der Waals surface area contributed by atoms with Crippen molar-refractivity contribution < 1.29 is 0 Å². The third kappa shape index (κ3) is 5.74. The van der Waals surface area contributed by atoms with Gasteiger partial charge in [-0.3, -0.25) is 4.98 Å². The Morgan fingerprint density at radius 2 is 0.944 bits per heavy atom. The Kier molecular flexibility index (Phi) is 8.06. The van der Waals surface area contributed by atoms with Gasteiger partial charge in [-0.05, 0) is 98.8 Å². The molecule has 0 amide bonds. The molecule has 2 aliphatic carbocycles. The number of fused-ring (bicyclic) bond motifs is 5. The van der Waals surface area contributed by atoms with Gasteiger partial charge in [-0.25, -0.2) is 9.97 Å². The summed E-state index contributed by atoms with van der Waals surface area (Å²) in [6.45, 7) is 0. The topological polar surface area (TPSA) is 38.7 Å². The summed E-state index contributed by atoms with van der Waals surface area (Å²) in [6.07, 6.45) is 10.1. The van der Waals surface area contributed by atoms with Gasteiger partial charge in [0.2, 0.25) is 0 Å². The number of rotatable bonds is 6. The van der Waals surface area contributed by atoms with Crippen molar-refractivity contribution in [3.63, 3.8) is 0 Å². The van der Waals surface area contributed by atoms with E-state index >= 15 is 0 Å². The quantitative estimate of drug-likeness (QED) is 0.174. The Hall–Kier alpha value is -6.45. The van der Waals surface area contributed by atoms with E-state index in [9.17, 15) is 0 Å². The Morgan fingerprint density at radius 1 is 0.370 bits per heavy atom. The number of hydrogen-bond donors (Lipinski definition) is 0. The molecule has 54 heavy (non-hydrogen) atoms. The molecule has 1 spiro atoms. The lowest BCUT2D eigenvalue weighted by molar-refractivity contribution is 0.353. The molecule has 1 saturated carbocycles. The summed E-state index contributed by atoms with van der Waals surface area (Å²) in [7, 11) is 0. The van der Waals surface area contributed by atoms with Crippen LogP contribution >= 0.6 is 0 Å². The molecule has 6 aromatic carbocycles. The number of hydrogen-bond acceptors (Lipinski definition) is 3. The van der Waals surface area contributed by atoms with Gasteiger partial charge in [-0.1, -0.05) is 153 Å². The molecule has 0 unspecified atom stereocenters. The molecular weight excluding hydrogens is 655 g/mol. The SMILES string of the molecule is c1ccc(-c2nc(-c3ccc(-c4cccnc4)cc3)cc(-c3cccc(-c4cccc(-c5ccc6c(c5)C5(CCCCC5)c5ccccc5-6)c4)c3)n2)cc1. The summed E-state index contributed by atoms with van der Waals surface area (Å²) < 4.78 is 0. The van der Waals surface area contributed by atoms with Crippen LogP contribution in [0.5, 0.6) is 0 Å². The average Bonchev–Trinajstić information content (AvgIpc) is 3.52. The first-order valence-corrected chi connectivity index (χ1v) is 19.1. The number of pyridine rings is 1. The molecule has 8 aromatic rings. The second kappa shape index (κ2) is 13.5. The molecule has 2 aromatic heterocycles. The average molecular weight is 694 g/mol. The van der Waals surface area contributed by atoms with Crippen molar-refractivity contribution >= 4 is 0 Å². The van der Waals surface area contributed by atoms with Crippen LogP contribution in [0.3, 0.4) is 0 Å². The highest BCUT2D eigenvalue weighted by molar-refractivity contribution is 5.85. The smallest absolute Gasteiger partial charge is 0.160 e. The predicted octanol–water partition coefficient (Wildman–Crippen LogP) is 13.1. The minimum Gasteiger partial charge on any atom is -0.264 e. The van der Waals surface area contributed by atoms with E-state index in [2.05, 4.69) is 145 Å². The van der Waals surface area contributed by atoms with E-state index < -0.39 is 0 Å². The summed E-state index contributed by atoms with van der Waals surface area (Å²) in [5.41, 5.74) is 18.0. The van der Waals surface area contributed by atoms with Crippen molar-refractivity contribution in [2.24, 2.45) is 0 Å². The number of aromatic nitrogens is 3. The van der Waals surface area contributed by atoms with Gasteiger partial charge in [0.25, 0.3) is 0 Å². The molecular formula is C51H39N3. The first-order valence-electron chi connectivity index (χ1n) is 19.1. The van der Waals surface area contributed by atoms with Crippen LogP contribution in [0.1, 0.15) is 43.2 Å². The normalized spacial score (nSPS) is 14.1. The fourth-order valence-electron chi connectivity index (χ4n) is 8.89. The number of nitrogens with zero attached hydrogens (tertiary/aromatic N) is 3. The molecule has 0 radical (unpaired) electrons. The van der Waals surface area contributed by atoms with Gasteiger partial charge in [0.05, 0.1) is 11.4 Å². The standard InChI is InChI=1S/C51H39N3/c1-3-12-37(13-4-1)50-53-48(36-23-21-35(22-24-36)43-18-11-29-52-34-43)33-49(54-50)42-17-10-16-40(31-42)38-14-9-15-39(30-38)41-25-26-45-44-19-5-6-20-46(44)51(47(45)32-41)27-7-2-8-28-51/h1,3-6,9-26,29-34H,2,7-8,27-28H2. The highest BCUT2D eigenvalue weighted by atomic mass is 14.9. The summed E-state index contributed by atoms with van der Waals surface area (Å²) in [4.78, 5) is 14.5. The van der Waals surface area contributed by atoms with Crippen LogP contribution in [0.25, 0.3) is 78.4 Å². The predicted molar refractivity (Wildman–Crippen MR) is 222 cm³/mol. The summed E-state index contributed by atoms with van der Waals surface area (Å²) >= 11 is 0. The molecule has 2 aliphatic rings. The first-order chi connectivity index (χ1) is 26.7. The third-order valence-corrected chi connectivity index (χ3v) is 11.6. The van der Waals surface area contributed by atoms with Crippen LogP contribution < -0.4 is 0 Å². The lowest BCUT2D eigenvalue weighted by Crippen LogP contribution is -2.28. The van der Waals surface area contributed by atoms with Crippen molar-refractivity contribution in [2.45, 2.75) is 37.5 Å². The molecule has 0 atom stereocenters. The van der Waals surface area contributed by atoms with E-state index in [1.54, 1.807) is 6.20 Å². The van der Waals surface area contributed by atoms with Crippen LogP contribution in [0.4, 0.5) is 0 Å². The Morgan fingerprint density at radius 3 is 1.69 bits per heavy atom. The second-order valence-electron chi connectivity index (χ2n) is 14.8. The zero-order valence-electron chi connectivity index (χ0n) is 30.1. The molecule has 0 saturated heterocycles. The first kappa shape index (κ1) is 32.2. The Bertz CT molecular complexity index is 2620. The van der Waals surface area contributed by atoms with Crippen molar-refractivity contribution in [3.05, 3.63) is 187 Å². The lowest BCUT2D eigenvalue weighted by Gasteiger charge is -2.36. The van der Waals surface area contributed by atoms with E-state index in [1.165, 1.54) is 71.0 Å². The van der Waals surface area contributed by atoms with Gasteiger partial charge in [-0.2, -0.15) is 0 Å². The molecule has 3 heteroatoms. The fourth-order valence-corrected chi connectivity index (χ4v) is 8.89. The van der Waals surface area contributed by atoms with Gasteiger partial charge in [0.15, 0.2) is 5.82 Å². The maximum atomic E-state index is 5.14. The van der Waals surface area contributed by atoms with Crippen LogP contribution in [0.2, 0.25) is 0 Å². The molecule has 10 rings (SSSR count). The van der Waals surface area contributed by atoms with Crippen LogP contribution in [-0.4, -0.2) is 15.0 Å². The van der Waals surface area contributed by atoms with E-state index in [-0.39, 0.29) is 5.41 Å². The van der Waals surface area contributed by atoms with Crippen molar-refractivity contribution in [3.8, 4) is 78.4 Å². The number of benzene rings is 6. The second-order valence-corrected chi connectivity index (χ2v) is 14.8.